The number of aryl methyl sites for hydroxylation is 1. The Morgan fingerprint density at radius 2 is 1.71 bits per heavy atom. The molecule has 0 fully saturated rings. The standard InChI is InChI=1S/C21H22N2O4S/c1-25-17-11-16(12-18(26-2)20(17)27-3)22-19(24)10-9-15-13-28-21(23-15)14-7-5-4-6-8-14/h4-8,11-13H,9-10H2,1-3H3,(H,22,24). The number of thiazole rings is 1. The highest BCUT2D eigenvalue weighted by molar-refractivity contribution is 7.13. The molecule has 0 saturated carbocycles. The minimum absolute atomic E-state index is 0.108. The summed E-state index contributed by atoms with van der Waals surface area (Å²) in [5, 5.41) is 5.83. The number of benzene rings is 2. The van der Waals surface area contributed by atoms with Crippen molar-refractivity contribution >= 4 is 22.9 Å². The maximum Gasteiger partial charge on any atom is 0.224 e. The van der Waals surface area contributed by atoms with Crippen molar-refractivity contribution in [2.75, 3.05) is 26.6 Å². The minimum atomic E-state index is -0.108. The number of nitrogens with one attached hydrogen (secondary N) is 1. The van der Waals surface area contributed by atoms with Gasteiger partial charge in [-0.25, -0.2) is 4.98 Å². The summed E-state index contributed by atoms with van der Waals surface area (Å²) >= 11 is 1.58. The zero-order valence-electron chi connectivity index (χ0n) is 16.0. The van der Waals surface area contributed by atoms with Gasteiger partial charge in [-0.15, -0.1) is 11.3 Å². The van der Waals surface area contributed by atoms with Crippen LogP contribution in [-0.4, -0.2) is 32.2 Å². The third kappa shape index (κ3) is 4.61. The Bertz CT molecular complexity index is 916. The molecule has 0 aliphatic rings. The summed E-state index contributed by atoms with van der Waals surface area (Å²) in [4.78, 5) is 17.0. The van der Waals surface area contributed by atoms with Crippen molar-refractivity contribution in [2.45, 2.75) is 12.8 Å². The summed E-state index contributed by atoms with van der Waals surface area (Å²) in [5.41, 5.74) is 2.58. The number of aromatic nitrogens is 1. The summed E-state index contributed by atoms with van der Waals surface area (Å²) in [5.74, 6) is 1.36. The van der Waals surface area contributed by atoms with E-state index in [1.54, 1.807) is 23.5 Å². The van der Waals surface area contributed by atoms with Crippen LogP contribution < -0.4 is 19.5 Å². The largest absolute Gasteiger partial charge is 0.493 e. The van der Waals surface area contributed by atoms with E-state index in [0.717, 1.165) is 16.3 Å². The van der Waals surface area contributed by atoms with Crippen LogP contribution in [0.3, 0.4) is 0 Å². The molecule has 0 atom stereocenters. The lowest BCUT2D eigenvalue weighted by molar-refractivity contribution is -0.116. The maximum atomic E-state index is 12.4. The fraction of sp³-hybridized carbons (Fsp3) is 0.238. The Kier molecular flexibility index (Phi) is 6.49. The molecule has 146 valence electrons. The zero-order chi connectivity index (χ0) is 19.9. The Balaban J connectivity index is 1.63. The molecule has 1 heterocycles. The third-order valence-corrected chi connectivity index (χ3v) is 5.07. The Hall–Kier alpha value is -3.06. The first-order valence-corrected chi connectivity index (χ1v) is 9.62. The first kappa shape index (κ1) is 19.7. The molecule has 3 aromatic rings. The molecule has 6 nitrogen and oxygen atoms in total. The number of rotatable bonds is 8. The molecule has 0 unspecified atom stereocenters. The molecule has 7 heteroatoms. The van der Waals surface area contributed by atoms with Crippen molar-refractivity contribution in [3.8, 4) is 27.8 Å². The normalized spacial score (nSPS) is 10.4. The number of hydrogen-bond acceptors (Lipinski definition) is 6. The topological polar surface area (TPSA) is 69.7 Å². The van der Waals surface area contributed by atoms with E-state index in [1.165, 1.54) is 21.3 Å². The lowest BCUT2D eigenvalue weighted by Crippen LogP contribution is -2.12. The molecule has 1 N–H and O–H groups in total. The Morgan fingerprint density at radius 3 is 2.32 bits per heavy atom. The molecular weight excluding hydrogens is 376 g/mol. The van der Waals surface area contributed by atoms with E-state index >= 15 is 0 Å². The number of methoxy groups -OCH3 is 3. The molecule has 0 spiro atoms. The van der Waals surface area contributed by atoms with Gasteiger partial charge in [0.25, 0.3) is 0 Å². The highest BCUT2D eigenvalue weighted by Crippen LogP contribution is 2.40. The Labute approximate surface area is 168 Å². The Morgan fingerprint density at radius 1 is 1.04 bits per heavy atom. The quantitative estimate of drug-likeness (QED) is 0.609. The van der Waals surface area contributed by atoms with E-state index in [4.69, 9.17) is 14.2 Å². The van der Waals surface area contributed by atoms with Gasteiger partial charge in [0.1, 0.15) is 5.01 Å². The van der Waals surface area contributed by atoms with Gasteiger partial charge >= 0.3 is 0 Å². The molecule has 1 amide bonds. The van der Waals surface area contributed by atoms with Crippen LogP contribution in [0.1, 0.15) is 12.1 Å². The first-order valence-electron chi connectivity index (χ1n) is 8.74. The monoisotopic (exact) mass is 398 g/mol. The summed E-state index contributed by atoms with van der Waals surface area (Å²) in [6.45, 7) is 0. The van der Waals surface area contributed by atoms with Crippen molar-refractivity contribution in [2.24, 2.45) is 0 Å². The van der Waals surface area contributed by atoms with Crippen LogP contribution in [-0.2, 0) is 11.2 Å². The highest BCUT2D eigenvalue weighted by atomic mass is 32.1. The van der Waals surface area contributed by atoms with Crippen LogP contribution in [0, 0.1) is 0 Å². The molecule has 0 aliphatic heterocycles. The lowest BCUT2D eigenvalue weighted by Gasteiger charge is -2.14. The molecule has 3 rings (SSSR count). The van der Waals surface area contributed by atoms with Gasteiger partial charge < -0.3 is 19.5 Å². The number of anilines is 1. The average Bonchev–Trinajstić information content (AvgIpc) is 3.21. The van der Waals surface area contributed by atoms with Crippen LogP contribution in [0.5, 0.6) is 17.2 Å². The molecule has 2 aromatic carbocycles. The fourth-order valence-corrected chi connectivity index (χ4v) is 3.61. The minimum Gasteiger partial charge on any atom is -0.493 e. The van der Waals surface area contributed by atoms with Gasteiger partial charge in [0.05, 0.1) is 27.0 Å². The molecule has 0 radical (unpaired) electrons. The first-order chi connectivity index (χ1) is 13.6. The molecule has 0 aliphatic carbocycles. The SMILES string of the molecule is COc1cc(NC(=O)CCc2csc(-c3ccccc3)n2)cc(OC)c1OC. The molecule has 0 saturated heterocycles. The lowest BCUT2D eigenvalue weighted by atomic mass is 10.2. The van der Waals surface area contributed by atoms with Crippen LogP contribution in [0.15, 0.2) is 47.8 Å². The zero-order valence-corrected chi connectivity index (χ0v) is 16.8. The summed E-state index contributed by atoms with van der Waals surface area (Å²) in [7, 11) is 4.61. The van der Waals surface area contributed by atoms with Crippen LogP contribution in [0.2, 0.25) is 0 Å². The van der Waals surface area contributed by atoms with Crippen molar-refractivity contribution in [1.82, 2.24) is 4.98 Å². The second-order valence-corrected chi connectivity index (χ2v) is 6.83. The van der Waals surface area contributed by atoms with Gasteiger partial charge in [0.15, 0.2) is 11.5 Å². The second kappa shape index (κ2) is 9.23. The van der Waals surface area contributed by atoms with Gasteiger partial charge in [-0.2, -0.15) is 0 Å². The van der Waals surface area contributed by atoms with Gasteiger partial charge in [-0.1, -0.05) is 30.3 Å². The second-order valence-electron chi connectivity index (χ2n) is 5.97. The van der Waals surface area contributed by atoms with E-state index in [0.29, 0.717) is 35.8 Å². The fourth-order valence-electron chi connectivity index (χ4n) is 2.75. The number of carbonyl (C=O) groups excluding carboxylic acids is 1. The predicted octanol–water partition coefficient (Wildman–Crippen LogP) is 4.41. The van der Waals surface area contributed by atoms with Crippen molar-refractivity contribution in [3.63, 3.8) is 0 Å². The molecular formula is C21H22N2O4S. The summed E-state index contributed by atoms with van der Waals surface area (Å²) < 4.78 is 15.9. The van der Waals surface area contributed by atoms with Crippen LogP contribution in [0.25, 0.3) is 10.6 Å². The van der Waals surface area contributed by atoms with Gasteiger partial charge in [-0.3, -0.25) is 4.79 Å². The predicted molar refractivity (Wildman–Crippen MR) is 111 cm³/mol. The van der Waals surface area contributed by atoms with Crippen LogP contribution >= 0.6 is 11.3 Å². The van der Waals surface area contributed by atoms with Crippen LogP contribution in [0.4, 0.5) is 5.69 Å². The number of amides is 1. The van der Waals surface area contributed by atoms with E-state index in [2.05, 4.69) is 10.3 Å². The molecule has 28 heavy (non-hydrogen) atoms. The summed E-state index contributed by atoms with van der Waals surface area (Å²) in [6.07, 6.45) is 0.897. The van der Waals surface area contributed by atoms with Gasteiger partial charge in [-0.05, 0) is 6.42 Å². The number of ether oxygens (including phenoxy) is 3. The molecule has 0 bridgehead atoms. The van der Waals surface area contributed by atoms with Gasteiger partial charge in [0, 0.05) is 35.2 Å². The average molecular weight is 398 g/mol. The highest BCUT2D eigenvalue weighted by Gasteiger charge is 2.15. The smallest absolute Gasteiger partial charge is 0.224 e. The van der Waals surface area contributed by atoms with Gasteiger partial charge in [0.2, 0.25) is 11.7 Å². The number of carbonyl (C=O) groups is 1. The van der Waals surface area contributed by atoms with E-state index < -0.39 is 0 Å². The van der Waals surface area contributed by atoms with Crippen molar-refractivity contribution < 1.29 is 19.0 Å². The van der Waals surface area contributed by atoms with E-state index in [1.807, 2.05) is 35.7 Å². The van der Waals surface area contributed by atoms with E-state index in [-0.39, 0.29) is 5.91 Å². The van der Waals surface area contributed by atoms with Crippen molar-refractivity contribution in [3.05, 3.63) is 53.5 Å². The summed E-state index contributed by atoms with van der Waals surface area (Å²) in [6, 6.07) is 13.4. The van der Waals surface area contributed by atoms with Crippen molar-refractivity contribution in [1.29, 1.82) is 0 Å². The maximum absolute atomic E-state index is 12.4. The van der Waals surface area contributed by atoms with E-state index in [9.17, 15) is 4.79 Å². The number of hydrogen-bond donors (Lipinski definition) is 1. The molecule has 1 aromatic heterocycles. The third-order valence-electron chi connectivity index (χ3n) is 4.13. The number of nitrogens with zero attached hydrogens (tertiary/aromatic N) is 1.